The van der Waals surface area contributed by atoms with Crippen LogP contribution in [0.5, 0.6) is 11.5 Å². The summed E-state index contributed by atoms with van der Waals surface area (Å²) >= 11 is 0. The predicted octanol–water partition coefficient (Wildman–Crippen LogP) is 3.42. The third kappa shape index (κ3) is 3.65. The highest BCUT2D eigenvalue weighted by Gasteiger charge is 2.22. The Bertz CT molecular complexity index is 906. The number of rotatable bonds is 4. The topological polar surface area (TPSA) is 64.6 Å². The number of sulfonamides is 1. The molecule has 0 aliphatic carbocycles. The molecule has 0 radical (unpaired) electrons. The van der Waals surface area contributed by atoms with Gasteiger partial charge in [-0.2, -0.15) is 0 Å². The van der Waals surface area contributed by atoms with E-state index in [1.807, 2.05) is 26.8 Å². The van der Waals surface area contributed by atoms with E-state index in [0.717, 1.165) is 16.7 Å². The van der Waals surface area contributed by atoms with Crippen molar-refractivity contribution in [2.75, 3.05) is 13.2 Å². The zero-order valence-corrected chi connectivity index (χ0v) is 15.7. The first-order valence-electron chi connectivity index (χ1n) is 8.27. The van der Waals surface area contributed by atoms with E-state index in [1.54, 1.807) is 6.07 Å². The van der Waals surface area contributed by atoms with Crippen LogP contribution in [0.4, 0.5) is 0 Å². The lowest BCUT2D eigenvalue weighted by Crippen LogP contribution is -2.27. The number of aryl methyl sites for hydroxylation is 3. The Balaban J connectivity index is 1.87. The van der Waals surface area contributed by atoms with E-state index in [-0.39, 0.29) is 10.9 Å². The van der Waals surface area contributed by atoms with Gasteiger partial charge in [-0.1, -0.05) is 12.1 Å². The smallest absolute Gasteiger partial charge is 0.241 e. The molecule has 0 spiro atoms. The summed E-state index contributed by atoms with van der Waals surface area (Å²) in [6.45, 7) is 8.82. The van der Waals surface area contributed by atoms with Crippen molar-refractivity contribution in [3.8, 4) is 11.5 Å². The maximum atomic E-state index is 12.8. The average molecular weight is 361 g/mol. The maximum Gasteiger partial charge on any atom is 0.241 e. The Hall–Kier alpha value is -2.05. The molecule has 2 aromatic rings. The van der Waals surface area contributed by atoms with Gasteiger partial charge in [0.15, 0.2) is 11.5 Å². The fourth-order valence-corrected chi connectivity index (χ4v) is 4.24. The van der Waals surface area contributed by atoms with Gasteiger partial charge in [0.05, 0.1) is 4.90 Å². The Kier molecular flexibility index (Phi) is 4.75. The molecular formula is C19H23NO4S. The molecule has 1 aliphatic heterocycles. The molecule has 0 amide bonds. The van der Waals surface area contributed by atoms with Crippen molar-refractivity contribution in [3.05, 3.63) is 52.6 Å². The molecule has 0 aromatic heterocycles. The third-order valence-corrected chi connectivity index (χ3v) is 6.04. The van der Waals surface area contributed by atoms with Gasteiger partial charge in [-0.3, -0.25) is 0 Å². The molecule has 6 heteroatoms. The third-order valence-electron chi connectivity index (χ3n) is 4.50. The van der Waals surface area contributed by atoms with Crippen molar-refractivity contribution >= 4 is 10.0 Å². The Morgan fingerprint density at radius 1 is 0.920 bits per heavy atom. The Labute approximate surface area is 149 Å². The highest BCUT2D eigenvalue weighted by molar-refractivity contribution is 7.89. The highest BCUT2D eigenvalue weighted by Crippen LogP contribution is 2.32. The second-order valence-corrected chi connectivity index (χ2v) is 8.16. The molecule has 0 fully saturated rings. The van der Waals surface area contributed by atoms with Crippen molar-refractivity contribution < 1.29 is 17.9 Å². The average Bonchev–Trinajstić information content (AvgIpc) is 2.57. The first-order valence-corrected chi connectivity index (χ1v) is 9.76. The first-order chi connectivity index (χ1) is 11.8. The molecule has 0 saturated heterocycles. The van der Waals surface area contributed by atoms with Gasteiger partial charge in [-0.25, -0.2) is 13.1 Å². The van der Waals surface area contributed by atoms with Crippen LogP contribution in [0.15, 0.2) is 35.2 Å². The number of hydrogen-bond donors (Lipinski definition) is 1. The van der Waals surface area contributed by atoms with E-state index >= 15 is 0 Å². The van der Waals surface area contributed by atoms with E-state index < -0.39 is 10.0 Å². The van der Waals surface area contributed by atoms with E-state index in [2.05, 4.69) is 17.7 Å². The molecule has 1 atom stereocenters. The van der Waals surface area contributed by atoms with Crippen LogP contribution in [0.2, 0.25) is 0 Å². The summed E-state index contributed by atoms with van der Waals surface area (Å²) in [5, 5.41) is 0. The monoisotopic (exact) mass is 361 g/mol. The van der Waals surface area contributed by atoms with Crippen LogP contribution in [-0.2, 0) is 10.0 Å². The second kappa shape index (κ2) is 6.69. The molecule has 1 heterocycles. The van der Waals surface area contributed by atoms with Crippen molar-refractivity contribution in [2.45, 2.75) is 38.6 Å². The van der Waals surface area contributed by atoms with Gasteiger partial charge < -0.3 is 9.47 Å². The molecule has 0 saturated carbocycles. The maximum absolute atomic E-state index is 12.8. The van der Waals surface area contributed by atoms with Crippen LogP contribution in [-0.4, -0.2) is 21.6 Å². The van der Waals surface area contributed by atoms with Gasteiger partial charge in [0.1, 0.15) is 13.2 Å². The van der Waals surface area contributed by atoms with Crippen LogP contribution in [0.25, 0.3) is 0 Å². The fraction of sp³-hybridized carbons (Fsp3) is 0.368. The molecule has 2 aromatic carbocycles. The van der Waals surface area contributed by atoms with E-state index in [9.17, 15) is 8.42 Å². The molecular weight excluding hydrogens is 338 g/mol. The number of hydrogen-bond acceptors (Lipinski definition) is 4. The SMILES string of the molecule is Cc1cc(C)c(C(C)NS(=O)(=O)c2ccc3c(c2)OCCO3)cc1C. The van der Waals surface area contributed by atoms with Gasteiger partial charge in [0.25, 0.3) is 0 Å². The molecule has 0 bridgehead atoms. The van der Waals surface area contributed by atoms with Crippen LogP contribution in [0.3, 0.4) is 0 Å². The lowest BCUT2D eigenvalue weighted by atomic mass is 9.97. The first kappa shape index (κ1) is 17.8. The lowest BCUT2D eigenvalue weighted by Gasteiger charge is -2.21. The second-order valence-electron chi connectivity index (χ2n) is 6.44. The molecule has 5 nitrogen and oxygen atoms in total. The molecule has 134 valence electrons. The summed E-state index contributed by atoms with van der Waals surface area (Å²) in [6, 6.07) is 8.47. The quantitative estimate of drug-likeness (QED) is 0.906. The highest BCUT2D eigenvalue weighted by atomic mass is 32.2. The van der Waals surface area contributed by atoms with E-state index in [0.29, 0.717) is 24.7 Å². The zero-order chi connectivity index (χ0) is 18.2. The van der Waals surface area contributed by atoms with Gasteiger partial charge in [0.2, 0.25) is 10.0 Å². The number of ether oxygens (including phenoxy) is 2. The van der Waals surface area contributed by atoms with Crippen LogP contribution in [0.1, 0.15) is 35.2 Å². The zero-order valence-electron chi connectivity index (χ0n) is 14.9. The van der Waals surface area contributed by atoms with Crippen LogP contribution >= 0.6 is 0 Å². The Morgan fingerprint density at radius 3 is 2.28 bits per heavy atom. The largest absolute Gasteiger partial charge is 0.486 e. The number of nitrogens with one attached hydrogen (secondary N) is 1. The van der Waals surface area contributed by atoms with Gasteiger partial charge in [0, 0.05) is 12.1 Å². The van der Waals surface area contributed by atoms with Crippen molar-refractivity contribution in [2.24, 2.45) is 0 Å². The van der Waals surface area contributed by atoms with Gasteiger partial charge >= 0.3 is 0 Å². The summed E-state index contributed by atoms with van der Waals surface area (Å²) in [4.78, 5) is 0.171. The molecule has 25 heavy (non-hydrogen) atoms. The molecule has 3 rings (SSSR count). The summed E-state index contributed by atoms with van der Waals surface area (Å²) in [5.74, 6) is 1.03. The summed E-state index contributed by atoms with van der Waals surface area (Å²) in [6.07, 6.45) is 0. The van der Waals surface area contributed by atoms with E-state index in [1.165, 1.54) is 17.7 Å². The number of benzene rings is 2. The normalized spacial score (nSPS) is 15.0. The summed E-state index contributed by atoms with van der Waals surface area (Å²) < 4.78 is 39.2. The van der Waals surface area contributed by atoms with Crippen LogP contribution in [0, 0.1) is 20.8 Å². The molecule has 1 unspecified atom stereocenters. The van der Waals surface area contributed by atoms with Crippen molar-refractivity contribution in [1.29, 1.82) is 0 Å². The minimum Gasteiger partial charge on any atom is -0.486 e. The fourth-order valence-electron chi connectivity index (χ4n) is 3.00. The Morgan fingerprint density at radius 2 is 1.56 bits per heavy atom. The lowest BCUT2D eigenvalue weighted by molar-refractivity contribution is 0.171. The molecule has 1 N–H and O–H groups in total. The molecule has 1 aliphatic rings. The van der Waals surface area contributed by atoms with Gasteiger partial charge in [-0.05, 0) is 62.1 Å². The minimum atomic E-state index is -3.67. The standard InChI is InChI=1S/C19H23NO4S/c1-12-9-14(3)17(10-13(12)2)15(4)20-25(21,22)16-5-6-18-19(11-16)24-8-7-23-18/h5-6,9-11,15,20H,7-8H2,1-4H3. The summed E-state index contributed by atoms with van der Waals surface area (Å²) in [7, 11) is -3.67. The van der Waals surface area contributed by atoms with Gasteiger partial charge in [-0.15, -0.1) is 0 Å². The predicted molar refractivity (Wildman–Crippen MR) is 96.8 cm³/mol. The van der Waals surface area contributed by atoms with Crippen LogP contribution < -0.4 is 14.2 Å². The number of fused-ring (bicyclic) bond motifs is 1. The summed E-state index contributed by atoms with van der Waals surface area (Å²) in [5.41, 5.74) is 4.39. The van der Waals surface area contributed by atoms with E-state index in [4.69, 9.17) is 9.47 Å². The van der Waals surface area contributed by atoms with Crippen molar-refractivity contribution in [3.63, 3.8) is 0 Å². The minimum absolute atomic E-state index is 0.171. The van der Waals surface area contributed by atoms with Crippen molar-refractivity contribution in [1.82, 2.24) is 4.72 Å².